The molecule has 2 aromatic heterocycles. The predicted molar refractivity (Wildman–Crippen MR) is 116 cm³/mol. The van der Waals surface area contributed by atoms with Crippen LogP contribution in [0, 0.1) is 0 Å². The van der Waals surface area contributed by atoms with Crippen molar-refractivity contribution in [2.45, 2.75) is 13.3 Å². The van der Waals surface area contributed by atoms with E-state index >= 15 is 0 Å². The van der Waals surface area contributed by atoms with Crippen LogP contribution in [0.1, 0.15) is 12.5 Å². The molecule has 0 radical (unpaired) electrons. The molecule has 2 aromatic carbocycles. The van der Waals surface area contributed by atoms with E-state index in [2.05, 4.69) is 20.6 Å². The van der Waals surface area contributed by atoms with E-state index in [0.29, 0.717) is 24.5 Å². The number of anilines is 3. The Kier molecular flexibility index (Phi) is 5.42. The third-order valence-electron chi connectivity index (χ3n) is 4.52. The SMILES string of the molecule is CCOc1ccccc1Nc1ccc(NC(=O)Cc2c[nH]c3ccccc23)cn1. The number of carbonyl (C=O) groups excluding carboxylic acids is 1. The Hall–Kier alpha value is -3.80. The average Bonchev–Trinajstić information content (AvgIpc) is 3.14. The van der Waals surface area contributed by atoms with E-state index in [-0.39, 0.29) is 5.91 Å². The van der Waals surface area contributed by atoms with Gasteiger partial charge in [0.05, 0.1) is 30.6 Å². The summed E-state index contributed by atoms with van der Waals surface area (Å²) in [6.45, 7) is 2.54. The molecular formula is C23H22N4O2. The summed E-state index contributed by atoms with van der Waals surface area (Å²) in [4.78, 5) is 20.0. The number of pyridine rings is 1. The van der Waals surface area contributed by atoms with Crippen molar-refractivity contribution in [1.29, 1.82) is 0 Å². The molecule has 2 heterocycles. The Morgan fingerprint density at radius 3 is 2.72 bits per heavy atom. The fourth-order valence-corrected chi connectivity index (χ4v) is 3.19. The van der Waals surface area contributed by atoms with Crippen LogP contribution in [0.5, 0.6) is 5.75 Å². The van der Waals surface area contributed by atoms with Crippen LogP contribution < -0.4 is 15.4 Å². The number of amides is 1. The summed E-state index contributed by atoms with van der Waals surface area (Å²) >= 11 is 0. The van der Waals surface area contributed by atoms with E-state index in [9.17, 15) is 4.79 Å². The lowest BCUT2D eigenvalue weighted by atomic mass is 10.1. The molecule has 0 aliphatic heterocycles. The van der Waals surface area contributed by atoms with E-state index in [1.54, 1.807) is 6.20 Å². The summed E-state index contributed by atoms with van der Waals surface area (Å²) in [5.74, 6) is 1.36. The van der Waals surface area contributed by atoms with E-state index in [4.69, 9.17) is 4.74 Å². The number of hydrogen-bond acceptors (Lipinski definition) is 4. The topological polar surface area (TPSA) is 79.0 Å². The number of hydrogen-bond donors (Lipinski definition) is 3. The zero-order valence-electron chi connectivity index (χ0n) is 16.1. The summed E-state index contributed by atoms with van der Waals surface area (Å²) in [6.07, 6.45) is 3.82. The highest BCUT2D eigenvalue weighted by Crippen LogP contribution is 2.27. The van der Waals surface area contributed by atoms with Gasteiger partial charge in [0.25, 0.3) is 0 Å². The van der Waals surface area contributed by atoms with Gasteiger partial charge in [-0.05, 0) is 42.8 Å². The van der Waals surface area contributed by atoms with Crippen molar-refractivity contribution in [1.82, 2.24) is 9.97 Å². The number of rotatable bonds is 7. The standard InChI is InChI=1S/C23H22N4O2/c1-2-29-21-10-6-5-9-20(21)27-22-12-11-17(15-25-22)26-23(28)13-16-14-24-19-8-4-3-7-18(16)19/h3-12,14-15,24H,2,13H2,1H3,(H,25,27)(H,26,28). The molecule has 4 aromatic rings. The van der Waals surface area contributed by atoms with Gasteiger partial charge in [-0.3, -0.25) is 4.79 Å². The van der Waals surface area contributed by atoms with Crippen molar-refractivity contribution < 1.29 is 9.53 Å². The number of nitrogens with zero attached hydrogens (tertiary/aromatic N) is 1. The van der Waals surface area contributed by atoms with Crippen LogP contribution in [0.15, 0.2) is 73.1 Å². The van der Waals surface area contributed by atoms with E-state index in [1.807, 2.05) is 73.8 Å². The number of aromatic nitrogens is 2. The summed E-state index contributed by atoms with van der Waals surface area (Å²) < 4.78 is 5.62. The van der Waals surface area contributed by atoms with Crippen LogP contribution in [0.4, 0.5) is 17.2 Å². The normalized spacial score (nSPS) is 10.7. The lowest BCUT2D eigenvalue weighted by Gasteiger charge is -2.12. The molecular weight excluding hydrogens is 364 g/mol. The van der Waals surface area contributed by atoms with Crippen LogP contribution >= 0.6 is 0 Å². The van der Waals surface area contributed by atoms with Crippen molar-refractivity contribution in [2.24, 2.45) is 0 Å². The van der Waals surface area contributed by atoms with Crippen molar-refractivity contribution in [3.8, 4) is 5.75 Å². The minimum atomic E-state index is -0.0843. The second-order valence-corrected chi connectivity index (χ2v) is 6.57. The average molecular weight is 386 g/mol. The maximum absolute atomic E-state index is 12.4. The molecule has 0 saturated heterocycles. The summed E-state index contributed by atoms with van der Waals surface area (Å²) in [5, 5.41) is 7.20. The molecule has 0 bridgehead atoms. The lowest BCUT2D eigenvalue weighted by Crippen LogP contribution is -2.14. The molecule has 146 valence electrons. The van der Waals surface area contributed by atoms with Gasteiger partial charge in [-0.15, -0.1) is 0 Å². The number of fused-ring (bicyclic) bond motifs is 1. The van der Waals surface area contributed by atoms with Crippen LogP contribution in [0.25, 0.3) is 10.9 Å². The third-order valence-corrected chi connectivity index (χ3v) is 4.52. The van der Waals surface area contributed by atoms with E-state index in [1.165, 1.54) is 0 Å². The first-order valence-electron chi connectivity index (χ1n) is 9.52. The van der Waals surface area contributed by atoms with Crippen LogP contribution in [-0.2, 0) is 11.2 Å². The summed E-state index contributed by atoms with van der Waals surface area (Å²) in [7, 11) is 0. The number of carbonyl (C=O) groups is 1. The smallest absolute Gasteiger partial charge is 0.228 e. The van der Waals surface area contributed by atoms with Gasteiger partial charge in [0.2, 0.25) is 5.91 Å². The lowest BCUT2D eigenvalue weighted by molar-refractivity contribution is -0.115. The first-order chi connectivity index (χ1) is 14.2. The Morgan fingerprint density at radius 2 is 1.90 bits per heavy atom. The summed E-state index contributed by atoms with van der Waals surface area (Å²) in [5.41, 5.74) is 3.49. The van der Waals surface area contributed by atoms with Gasteiger partial charge >= 0.3 is 0 Å². The third kappa shape index (κ3) is 4.38. The molecule has 0 spiro atoms. The molecule has 3 N–H and O–H groups in total. The predicted octanol–water partition coefficient (Wildman–Crippen LogP) is 4.89. The Bertz CT molecular complexity index is 1120. The zero-order chi connectivity index (χ0) is 20.1. The fraction of sp³-hybridized carbons (Fsp3) is 0.130. The highest BCUT2D eigenvalue weighted by Gasteiger charge is 2.09. The number of aromatic amines is 1. The molecule has 0 atom stereocenters. The maximum atomic E-state index is 12.4. The molecule has 0 aliphatic carbocycles. The van der Waals surface area contributed by atoms with Gasteiger partial charge < -0.3 is 20.4 Å². The van der Waals surface area contributed by atoms with E-state index in [0.717, 1.165) is 27.9 Å². The van der Waals surface area contributed by atoms with Crippen molar-refractivity contribution in [3.63, 3.8) is 0 Å². The molecule has 6 nitrogen and oxygen atoms in total. The van der Waals surface area contributed by atoms with Crippen LogP contribution in [0.2, 0.25) is 0 Å². The first-order valence-corrected chi connectivity index (χ1v) is 9.52. The number of benzene rings is 2. The quantitative estimate of drug-likeness (QED) is 0.423. The fourth-order valence-electron chi connectivity index (χ4n) is 3.19. The Labute approximate surface area is 168 Å². The molecule has 6 heteroatoms. The number of para-hydroxylation sites is 3. The maximum Gasteiger partial charge on any atom is 0.228 e. The van der Waals surface area contributed by atoms with Crippen molar-refractivity contribution >= 4 is 34.0 Å². The van der Waals surface area contributed by atoms with Gasteiger partial charge in [0.1, 0.15) is 11.6 Å². The molecule has 0 unspecified atom stereocenters. The monoisotopic (exact) mass is 386 g/mol. The van der Waals surface area contributed by atoms with Crippen LogP contribution in [-0.4, -0.2) is 22.5 Å². The summed E-state index contributed by atoms with van der Waals surface area (Å²) in [6, 6.07) is 19.3. The number of nitrogens with one attached hydrogen (secondary N) is 3. The van der Waals surface area contributed by atoms with Crippen LogP contribution in [0.3, 0.4) is 0 Å². The first kappa shape index (κ1) is 18.6. The minimum Gasteiger partial charge on any atom is -0.492 e. The molecule has 0 aliphatic rings. The molecule has 1 amide bonds. The second-order valence-electron chi connectivity index (χ2n) is 6.57. The zero-order valence-corrected chi connectivity index (χ0v) is 16.1. The number of H-pyrrole nitrogens is 1. The molecule has 29 heavy (non-hydrogen) atoms. The number of ether oxygens (including phenoxy) is 1. The van der Waals surface area contributed by atoms with Gasteiger partial charge in [0, 0.05) is 17.1 Å². The largest absolute Gasteiger partial charge is 0.492 e. The van der Waals surface area contributed by atoms with Gasteiger partial charge in [-0.25, -0.2) is 4.98 Å². The highest BCUT2D eigenvalue weighted by molar-refractivity contribution is 5.95. The second kappa shape index (κ2) is 8.48. The van der Waals surface area contributed by atoms with Gasteiger partial charge in [-0.2, -0.15) is 0 Å². The highest BCUT2D eigenvalue weighted by atomic mass is 16.5. The van der Waals surface area contributed by atoms with Gasteiger partial charge in [-0.1, -0.05) is 30.3 Å². The molecule has 0 saturated carbocycles. The Morgan fingerprint density at radius 1 is 1.07 bits per heavy atom. The van der Waals surface area contributed by atoms with Crippen molar-refractivity contribution in [2.75, 3.05) is 17.2 Å². The Balaban J connectivity index is 1.40. The minimum absolute atomic E-state index is 0.0843. The molecule has 0 fully saturated rings. The molecule has 4 rings (SSSR count). The van der Waals surface area contributed by atoms with Crippen molar-refractivity contribution in [3.05, 3.63) is 78.6 Å². The van der Waals surface area contributed by atoms with E-state index < -0.39 is 0 Å². The van der Waals surface area contributed by atoms with Gasteiger partial charge in [0.15, 0.2) is 0 Å².